The number of carbonyl (C=O) groups is 1. The molecule has 3 heterocycles. The number of hydrogen-bond acceptors (Lipinski definition) is 5. The van der Waals surface area contributed by atoms with E-state index in [1.807, 2.05) is 23.1 Å². The van der Waals surface area contributed by atoms with Crippen LogP contribution in [0, 0.1) is 0 Å². The number of aryl methyl sites for hydroxylation is 2. The van der Waals surface area contributed by atoms with Gasteiger partial charge in [-0.2, -0.15) is 5.10 Å². The fourth-order valence-electron chi connectivity index (χ4n) is 4.95. The van der Waals surface area contributed by atoms with Gasteiger partial charge in [-0.25, -0.2) is 9.48 Å². The van der Waals surface area contributed by atoms with Gasteiger partial charge in [-0.05, 0) is 62.6 Å². The van der Waals surface area contributed by atoms with Crippen LogP contribution < -0.4 is 15.2 Å². The number of hydrogen-bond donors (Lipinski definition) is 0. The van der Waals surface area contributed by atoms with Gasteiger partial charge in [-0.1, -0.05) is 12.5 Å². The highest BCUT2D eigenvalue weighted by molar-refractivity contribution is 5.76. The highest BCUT2D eigenvalue weighted by Gasteiger charge is 2.28. The van der Waals surface area contributed by atoms with Gasteiger partial charge < -0.3 is 14.4 Å². The largest absolute Gasteiger partial charge is 0.493 e. The van der Waals surface area contributed by atoms with Gasteiger partial charge in [-0.3, -0.25) is 9.36 Å². The van der Waals surface area contributed by atoms with E-state index in [1.165, 1.54) is 4.68 Å². The molecule has 8 heteroatoms. The van der Waals surface area contributed by atoms with E-state index in [1.54, 1.807) is 18.8 Å². The Kier molecular flexibility index (Phi) is 7.17. The predicted octanol–water partition coefficient (Wildman–Crippen LogP) is 2.80. The third-order valence-electron chi connectivity index (χ3n) is 6.73. The van der Waals surface area contributed by atoms with Crippen LogP contribution in [-0.2, 0) is 30.7 Å². The third kappa shape index (κ3) is 4.84. The molecule has 1 amide bonds. The number of carbonyl (C=O) groups excluding carboxylic acids is 1. The Morgan fingerprint density at radius 1 is 1.06 bits per heavy atom. The molecule has 1 aromatic heterocycles. The SMILES string of the molecule is COc1ccc(CCC2CCCCN2C(=O)Cn2nc3n(c2=O)CCCCC3)cc1OC. The molecule has 0 radical (unpaired) electrons. The molecule has 0 aliphatic carbocycles. The minimum Gasteiger partial charge on any atom is -0.493 e. The first-order chi connectivity index (χ1) is 15.6. The monoisotopic (exact) mass is 442 g/mol. The van der Waals surface area contributed by atoms with Crippen LogP contribution in [0.15, 0.2) is 23.0 Å². The van der Waals surface area contributed by atoms with E-state index < -0.39 is 0 Å². The highest BCUT2D eigenvalue weighted by atomic mass is 16.5. The van der Waals surface area contributed by atoms with Crippen LogP contribution in [0.1, 0.15) is 56.3 Å². The maximum Gasteiger partial charge on any atom is 0.346 e. The van der Waals surface area contributed by atoms with Crippen LogP contribution in [0.4, 0.5) is 0 Å². The Morgan fingerprint density at radius 2 is 1.88 bits per heavy atom. The van der Waals surface area contributed by atoms with Crippen LogP contribution in [0.2, 0.25) is 0 Å². The van der Waals surface area contributed by atoms with E-state index in [9.17, 15) is 9.59 Å². The van der Waals surface area contributed by atoms with Gasteiger partial charge in [0.15, 0.2) is 11.5 Å². The summed E-state index contributed by atoms with van der Waals surface area (Å²) in [6.45, 7) is 1.49. The second-order valence-electron chi connectivity index (χ2n) is 8.78. The predicted molar refractivity (Wildman–Crippen MR) is 121 cm³/mol. The van der Waals surface area contributed by atoms with Gasteiger partial charge in [0.2, 0.25) is 5.91 Å². The molecule has 2 aromatic rings. The zero-order valence-electron chi connectivity index (χ0n) is 19.2. The molecule has 1 atom stereocenters. The van der Waals surface area contributed by atoms with Crippen LogP contribution >= 0.6 is 0 Å². The fraction of sp³-hybridized carbons (Fsp3) is 0.625. The molecule has 0 saturated carbocycles. The molecular weight excluding hydrogens is 408 g/mol. The van der Waals surface area contributed by atoms with Crippen LogP contribution in [-0.4, -0.2) is 52.0 Å². The summed E-state index contributed by atoms with van der Waals surface area (Å²) in [5.74, 6) is 2.26. The molecule has 1 unspecified atom stereocenters. The van der Waals surface area contributed by atoms with Crippen molar-refractivity contribution in [2.24, 2.45) is 0 Å². The normalized spacial score (nSPS) is 18.7. The average molecular weight is 443 g/mol. The standard InChI is InChI=1S/C24H34N4O4/c1-31-20-13-11-18(16-21(20)32-2)10-12-19-8-5-7-14-26(19)23(29)17-28-24(30)27-15-6-3-4-9-22(27)25-28/h11,13,16,19H,3-10,12,14-15,17H2,1-2H3. The highest BCUT2D eigenvalue weighted by Crippen LogP contribution is 2.29. The Balaban J connectivity index is 1.42. The number of ether oxygens (including phenoxy) is 2. The summed E-state index contributed by atoms with van der Waals surface area (Å²) in [6, 6.07) is 6.16. The number of nitrogens with zero attached hydrogens (tertiary/aromatic N) is 4. The molecule has 1 saturated heterocycles. The molecule has 1 fully saturated rings. The van der Waals surface area contributed by atoms with Gasteiger partial charge in [0.05, 0.1) is 14.2 Å². The summed E-state index contributed by atoms with van der Waals surface area (Å²) in [5, 5.41) is 4.49. The lowest BCUT2D eigenvalue weighted by atomic mass is 9.95. The van der Waals surface area contributed by atoms with Crippen molar-refractivity contribution in [3.05, 3.63) is 40.1 Å². The number of piperidine rings is 1. The molecule has 2 aliphatic rings. The van der Waals surface area contributed by atoms with Crippen molar-refractivity contribution in [2.45, 2.75) is 76.9 Å². The van der Waals surface area contributed by atoms with Gasteiger partial charge in [0.25, 0.3) is 0 Å². The quantitative estimate of drug-likeness (QED) is 0.659. The molecular formula is C24H34N4O4. The van der Waals surface area contributed by atoms with E-state index in [4.69, 9.17) is 9.47 Å². The number of rotatable bonds is 7. The van der Waals surface area contributed by atoms with E-state index in [2.05, 4.69) is 5.10 Å². The van der Waals surface area contributed by atoms with Crippen molar-refractivity contribution in [3.63, 3.8) is 0 Å². The maximum absolute atomic E-state index is 13.2. The maximum atomic E-state index is 13.2. The average Bonchev–Trinajstić information content (AvgIpc) is 2.97. The van der Waals surface area contributed by atoms with Crippen LogP contribution in [0.25, 0.3) is 0 Å². The van der Waals surface area contributed by atoms with Crippen molar-refractivity contribution < 1.29 is 14.3 Å². The molecule has 0 N–H and O–H groups in total. The molecule has 2 aliphatic heterocycles. The van der Waals surface area contributed by atoms with Gasteiger partial charge in [0.1, 0.15) is 12.4 Å². The summed E-state index contributed by atoms with van der Waals surface area (Å²) >= 11 is 0. The summed E-state index contributed by atoms with van der Waals surface area (Å²) < 4.78 is 13.9. The number of benzene rings is 1. The Morgan fingerprint density at radius 3 is 2.69 bits per heavy atom. The minimum atomic E-state index is -0.144. The smallest absolute Gasteiger partial charge is 0.346 e. The van der Waals surface area contributed by atoms with Crippen LogP contribution in [0.3, 0.4) is 0 Å². The third-order valence-corrected chi connectivity index (χ3v) is 6.73. The number of amides is 1. The van der Waals surface area contributed by atoms with Crippen molar-refractivity contribution in [1.82, 2.24) is 19.2 Å². The summed E-state index contributed by atoms with van der Waals surface area (Å²) in [5.41, 5.74) is 1.02. The second-order valence-corrected chi connectivity index (χ2v) is 8.78. The van der Waals surface area contributed by atoms with Gasteiger partial charge >= 0.3 is 5.69 Å². The van der Waals surface area contributed by atoms with Gasteiger partial charge in [-0.15, -0.1) is 0 Å². The molecule has 32 heavy (non-hydrogen) atoms. The van der Waals surface area contributed by atoms with E-state index in [0.717, 1.165) is 87.2 Å². The Hall–Kier alpha value is -2.77. The zero-order chi connectivity index (χ0) is 22.5. The number of fused-ring (bicyclic) bond motifs is 1. The van der Waals surface area contributed by atoms with Crippen LogP contribution in [0.5, 0.6) is 11.5 Å². The first kappa shape index (κ1) is 22.4. The molecule has 174 valence electrons. The van der Waals surface area contributed by atoms with Crippen molar-refractivity contribution in [3.8, 4) is 11.5 Å². The number of aromatic nitrogens is 3. The lowest BCUT2D eigenvalue weighted by molar-refractivity contribution is -0.136. The molecule has 0 bridgehead atoms. The van der Waals surface area contributed by atoms with Crippen molar-refractivity contribution in [2.75, 3.05) is 20.8 Å². The minimum absolute atomic E-state index is 0.00243. The number of likely N-dealkylation sites (tertiary alicyclic amines) is 1. The fourth-order valence-corrected chi connectivity index (χ4v) is 4.95. The molecule has 0 spiro atoms. The van der Waals surface area contributed by atoms with Crippen molar-refractivity contribution in [1.29, 1.82) is 0 Å². The summed E-state index contributed by atoms with van der Waals surface area (Å²) in [6.07, 6.45) is 8.85. The molecule has 4 rings (SSSR count). The van der Waals surface area contributed by atoms with Gasteiger partial charge in [0, 0.05) is 25.6 Å². The number of methoxy groups -OCH3 is 2. The zero-order valence-corrected chi connectivity index (χ0v) is 19.2. The topological polar surface area (TPSA) is 78.6 Å². The van der Waals surface area contributed by atoms with E-state index >= 15 is 0 Å². The second kappa shape index (κ2) is 10.2. The Labute approximate surface area is 189 Å². The first-order valence-corrected chi connectivity index (χ1v) is 11.8. The lowest BCUT2D eigenvalue weighted by Gasteiger charge is -2.36. The van der Waals surface area contributed by atoms with E-state index in [0.29, 0.717) is 6.54 Å². The Bertz CT molecular complexity index is 996. The van der Waals surface area contributed by atoms with Crippen molar-refractivity contribution >= 4 is 5.91 Å². The molecule has 1 aromatic carbocycles. The van der Waals surface area contributed by atoms with E-state index in [-0.39, 0.29) is 24.2 Å². The lowest BCUT2D eigenvalue weighted by Crippen LogP contribution is -2.46. The summed E-state index contributed by atoms with van der Waals surface area (Å²) in [7, 11) is 3.27. The summed E-state index contributed by atoms with van der Waals surface area (Å²) in [4.78, 5) is 27.9. The molecule has 8 nitrogen and oxygen atoms in total. The first-order valence-electron chi connectivity index (χ1n) is 11.8.